The van der Waals surface area contributed by atoms with Gasteiger partial charge in [-0.2, -0.15) is 0 Å². The lowest BCUT2D eigenvalue weighted by atomic mass is 9.50. The molecule has 2 saturated carbocycles. The first-order chi connectivity index (χ1) is 10.9. The van der Waals surface area contributed by atoms with Crippen molar-refractivity contribution in [2.45, 2.75) is 83.0 Å². The van der Waals surface area contributed by atoms with E-state index in [1.165, 1.54) is 19.3 Å². The van der Waals surface area contributed by atoms with Crippen molar-refractivity contribution in [3.05, 3.63) is 12.2 Å². The number of unbranched alkanes of at least 4 members (excludes halogenated alkanes) is 4. The SMILES string of the molecule is CCCCCCC[C@H](O)C=C[C@H]1[C@H](O)CC[C@]2(O)C(=O)C(C)[C@H]12. The molecule has 3 N–H and O–H groups in total. The predicted molar refractivity (Wildman–Crippen MR) is 89.9 cm³/mol. The summed E-state index contributed by atoms with van der Waals surface area (Å²) in [6.07, 6.45) is 9.85. The van der Waals surface area contributed by atoms with E-state index in [0.717, 1.165) is 19.3 Å². The quantitative estimate of drug-likeness (QED) is 0.474. The van der Waals surface area contributed by atoms with Crippen molar-refractivity contribution in [3.8, 4) is 0 Å². The fraction of sp³-hybridized carbons (Fsp3) is 0.842. The molecule has 0 aromatic rings. The van der Waals surface area contributed by atoms with Gasteiger partial charge in [-0.1, -0.05) is 58.1 Å². The highest BCUT2D eigenvalue weighted by atomic mass is 16.3. The minimum atomic E-state index is -1.25. The first-order valence-corrected chi connectivity index (χ1v) is 9.23. The smallest absolute Gasteiger partial charge is 0.167 e. The van der Waals surface area contributed by atoms with E-state index in [1.807, 2.05) is 13.0 Å². The Labute approximate surface area is 139 Å². The fourth-order valence-corrected chi connectivity index (χ4v) is 4.34. The average Bonchev–Trinajstić information content (AvgIpc) is 2.54. The van der Waals surface area contributed by atoms with Crippen molar-refractivity contribution in [3.63, 3.8) is 0 Å². The van der Waals surface area contributed by atoms with Crippen LogP contribution in [0.5, 0.6) is 0 Å². The van der Waals surface area contributed by atoms with Crippen molar-refractivity contribution in [2.75, 3.05) is 0 Å². The van der Waals surface area contributed by atoms with E-state index < -0.39 is 17.8 Å². The highest BCUT2D eigenvalue weighted by molar-refractivity contribution is 5.96. The monoisotopic (exact) mass is 324 g/mol. The summed E-state index contributed by atoms with van der Waals surface area (Å²) in [5.74, 6) is -0.761. The van der Waals surface area contributed by atoms with Gasteiger partial charge in [-0.15, -0.1) is 0 Å². The highest BCUT2D eigenvalue weighted by Gasteiger charge is 2.63. The van der Waals surface area contributed by atoms with Crippen molar-refractivity contribution in [1.29, 1.82) is 0 Å². The van der Waals surface area contributed by atoms with Crippen LogP contribution < -0.4 is 0 Å². The Morgan fingerprint density at radius 1 is 1.30 bits per heavy atom. The van der Waals surface area contributed by atoms with E-state index in [2.05, 4.69) is 6.92 Å². The molecule has 0 amide bonds. The lowest BCUT2D eigenvalue weighted by Crippen LogP contribution is -2.68. The lowest BCUT2D eigenvalue weighted by Gasteiger charge is -2.56. The van der Waals surface area contributed by atoms with Gasteiger partial charge in [-0.3, -0.25) is 4.79 Å². The third-order valence-electron chi connectivity index (χ3n) is 5.77. The molecular weight excluding hydrogens is 292 g/mol. The maximum atomic E-state index is 11.9. The van der Waals surface area contributed by atoms with Crippen LogP contribution in [0.15, 0.2) is 12.2 Å². The number of ketones is 1. The fourth-order valence-electron chi connectivity index (χ4n) is 4.34. The van der Waals surface area contributed by atoms with Crippen LogP contribution in [0, 0.1) is 17.8 Å². The van der Waals surface area contributed by atoms with Gasteiger partial charge in [0.25, 0.3) is 0 Å². The van der Waals surface area contributed by atoms with Gasteiger partial charge in [0.15, 0.2) is 5.78 Å². The van der Waals surface area contributed by atoms with Crippen LogP contribution in [0.1, 0.15) is 65.2 Å². The van der Waals surface area contributed by atoms with Crippen LogP contribution in [0.4, 0.5) is 0 Å². The maximum Gasteiger partial charge on any atom is 0.167 e. The summed E-state index contributed by atoms with van der Waals surface area (Å²) in [6, 6.07) is 0. The van der Waals surface area contributed by atoms with Gasteiger partial charge >= 0.3 is 0 Å². The molecule has 0 aliphatic heterocycles. The number of Topliss-reactive ketones (excluding diaryl/α,β-unsaturated/α-hetero) is 1. The Kier molecular flexibility index (Phi) is 6.40. The van der Waals surface area contributed by atoms with Crippen molar-refractivity contribution >= 4 is 5.78 Å². The second kappa shape index (κ2) is 7.91. The molecule has 0 spiro atoms. The first kappa shape index (κ1) is 18.6. The third-order valence-corrected chi connectivity index (χ3v) is 5.77. The van der Waals surface area contributed by atoms with E-state index in [9.17, 15) is 20.1 Å². The molecule has 2 aliphatic carbocycles. The van der Waals surface area contributed by atoms with Gasteiger partial charge in [0.2, 0.25) is 0 Å². The van der Waals surface area contributed by atoms with Crippen LogP contribution in [0.25, 0.3) is 0 Å². The van der Waals surface area contributed by atoms with E-state index >= 15 is 0 Å². The predicted octanol–water partition coefficient (Wildman–Crippen LogP) is 2.60. The van der Waals surface area contributed by atoms with Crippen LogP contribution in [-0.4, -0.2) is 38.9 Å². The van der Waals surface area contributed by atoms with Gasteiger partial charge in [0, 0.05) is 17.8 Å². The second-order valence-corrected chi connectivity index (χ2v) is 7.44. The van der Waals surface area contributed by atoms with Gasteiger partial charge < -0.3 is 15.3 Å². The topological polar surface area (TPSA) is 77.8 Å². The van der Waals surface area contributed by atoms with Crippen molar-refractivity contribution in [2.24, 2.45) is 17.8 Å². The molecule has 0 saturated heterocycles. The van der Waals surface area contributed by atoms with Crippen LogP contribution in [0.2, 0.25) is 0 Å². The van der Waals surface area contributed by atoms with Crippen molar-refractivity contribution in [1.82, 2.24) is 0 Å². The molecule has 23 heavy (non-hydrogen) atoms. The molecular formula is C19H32O4. The van der Waals surface area contributed by atoms with Crippen LogP contribution >= 0.6 is 0 Å². The van der Waals surface area contributed by atoms with Gasteiger partial charge in [-0.25, -0.2) is 0 Å². The van der Waals surface area contributed by atoms with Crippen molar-refractivity contribution < 1.29 is 20.1 Å². The van der Waals surface area contributed by atoms with E-state index in [-0.39, 0.29) is 23.5 Å². The molecule has 0 aromatic carbocycles. The number of carbonyl (C=O) groups excluding carboxylic acids is 1. The summed E-state index contributed by atoms with van der Waals surface area (Å²) in [5.41, 5.74) is -1.25. The summed E-state index contributed by atoms with van der Waals surface area (Å²) < 4.78 is 0. The number of aliphatic hydroxyl groups excluding tert-OH is 2. The van der Waals surface area contributed by atoms with Gasteiger partial charge in [-0.05, 0) is 19.3 Å². The minimum Gasteiger partial charge on any atom is -0.393 e. The molecule has 0 radical (unpaired) electrons. The molecule has 132 valence electrons. The summed E-state index contributed by atoms with van der Waals surface area (Å²) in [4.78, 5) is 11.9. The second-order valence-electron chi connectivity index (χ2n) is 7.44. The molecule has 1 unspecified atom stereocenters. The Bertz CT molecular complexity index is 433. The molecule has 0 heterocycles. The largest absolute Gasteiger partial charge is 0.393 e. The van der Waals surface area contributed by atoms with E-state index in [1.54, 1.807) is 6.08 Å². The average molecular weight is 324 g/mol. The molecule has 2 rings (SSSR count). The van der Waals surface area contributed by atoms with E-state index in [4.69, 9.17) is 0 Å². The zero-order valence-electron chi connectivity index (χ0n) is 14.4. The third kappa shape index (κ3) is 3.86. The van der Waals surface area contributed by atoms with Gasteiger partial charge in [0.05, 0.1) is 12.2 Å². The minimum absolute atomic E-state index is 0.0933. The van der Waals surface area contributed by atoms with E-state index in [0.29, 0.717) is 12.8 Å². The first-order valence-electron chi connectivity index (χ1n) is 9.23. The van der Waals surface area contributed by atoms with Gasteiger partial charge in [0.1, 0.15) is 5.60 Å². The Morgan fingerprint density at radius 2 is 2.00 bits per heavy atom. The number of carbonyl (C=O) groups is 1. The Morgan fingerprint density at radius 3 is 2.70 bits per heavy atom. The van der Waals surface area contributed by atoms with Crippen LogP contribution in [0.3, 0.4) is 0 Å². The summed E-state index contributed by atoms with van der Waals surface area (Å²) in [6.45, 7) is 4.00. The summed E-state index contributed by atoms with van der Waals surface area (Å²) in [7, 11) is 0. The maximum absolute atomic E-state index is 11.9. The number of aliphatic hydroxyl groups is 3. The number of fused-ring (bicyclic) bond motifs is 1. The Balaban J connectivity index is 1.86. The molecule has 0 aromatic heterocycles. The lowest BCUT2D eigenvalue weighted by molar-refractivity contribution is -0.197. The summed E-state index contributed by atoms with van der Waals surface area (Å²) >= 11 is 0. The zero-order chi connectivity index (χ0) is 17.0. The zero-order valence-corrected chi connectivity index (χ0v) is 14.4. The standard InChI is InChI=1S/C19H32O4/c1-3-4-5-6-7-8-14(20)9-10-15-16(21)11-12-19(23)17(15)13(2)18(19)22/h9-10,13-17,20-21,23H,3-8,11-12H2,1-2H3/t13?,14-,15-,16+,17+,19+/m0/s1. The number of rotatable bonds is 8. The molecule has 4 nitrogen and oxygen atoms in total. The van der Waals surface area contributed by atoms with Crippen LogP contribution in [-0.2, 0) is 4.79 Å². The molecule has 6 atom stereocenters. The molecule has 0 bridgehead atoms. The molecule has 4 heteroatoms. The highest BCUT2D eigenvalue weighted by Crippen LogP contribution is 2.52. The number of hydrogen-bond acceptors (Lipinski definition) is 4. The molecule has 2 fully saturated rings. The Hall–Kier alpha value is -0.710. The summed E-state index contributed by atoms with van der Waals surface area (Å²) in [5, 5.41) is 30.8. The normalized spacial score (nSPS) is 38.4. The molecule has 2 aliphatic rings. The number of hydrogen-bond donors (Lipinski definition) is 3.